The lowest BCUT2D eigenvalue weighted by Crippen LogP contribution is -2.46. The van der Waals surface area contributed by atoms with E-state index in [1.807, 2.05) is 18.2 Å². The molecule has 0 saturated carbocycles. The number of benzene rings is 2. The van der Waals surface area contributed by atoms with Crippen LogP contribution in [0.4, 0.5) is 0 Å². The van der Waals surface area contributed by atoms with Crippen molar-refractivity contribution in [3.63, 3.8) is 0 Å². The molecule has 3 aromatic rings. The Hall–Kier alpha value is -2.50. The molecule has 2 unspecified atom stereocenters. The van der Waals surface area contributed by atoms with Crippen LogP contribution in [-0.4, -0.2) is 43.0 Å². The van der Waals surface area contributed by atoms with Crippen LogP contribution in [0.3, 0.4) is 0 Å². The largest absolute Gasteiger partial charge is 0.496 e. The fourth-order valence-electron chi connectivity index (χ4n) is 4.13. The molecule has 5 nitrogen and oxygen atoms in total. The highest BCUT2D eigenvalue weighted by atomic mass is 16.5. The number of H-pyrrole nitrogens is 1. The zero-order chi connectivity index (χ0) is 18.8. The predicted molar refractivity (Wildman–Crippen MR) is 107 cm³/mol. The fraction of sp³-hybridized carbons (Fsp3) is 0.364. The third-order valence-electron chi connectivity index (χ3n) is 5.56. The standard InChI is InChI=1S/C22H26N2O3/c1-26-21-7-8-22(27-2)17-12-20(25)19(11-16(17)21)23-10-9-14-13-24-18-6-4-3-5-15(14)18/h3-8,13,19-20,23-25H,9-12H2,1-2H3. The van der Waals surface area contributed by atoms with Gasteiger partial charge in [-0.05, 0) is 43.1 Å². The van der Waals surface area contributed by atoms with Gasteiger partial charge in [0.05, 0.1) is 20.3 Å². The van der Waals surface area contributed by atoms with Crippen molar-refractivity contribution in [1.29, 1.82) is 0 Å². The Bertz CT molecular complexity index is 934. The second kappa shape index (κ2) is 7.62. The topological polar surface area (TPSA) is 66.5 Å². The van der Waals surface area contributed by atoms with Crippen molar-refractivity contribution in [1.82, 2.24) is 10.3 Å². The third kappa shape index (κ3) is 3.40. The number of rotatable bonds is 6. The van der Waals surface area contributed by atoms with Crippen molar-refractivity contribution < 1.29 is 14.6 Å². The van der Waals surface area contributed by atoms with Crippen LogP contribution in [-0.2, 0) is 19.3 Å². The first-order valence-electron chi connectivity index (χ1n) is 9.40. The summed E-state index contributed by atoms with van der Waals surface area (Å²) in [6, 6.07) is 12.2. The summed E-state index contributed by atoms with van der Waals surface area (Å²) in [5.74, 6) is 1.68. The molecule has 0 bridgehead atoms. The van der Waals surface area contributed by atoms with Gasteiger partial charge in [-0.1, -0.05) is 18.2 Å². The molecular weight excluding hydrogens is 340 g/mol. The molecule has 0 amide bonds. The van der Waals surface area contributed by atoms with Crippen LogP contribution in [0.15, 0.2) is 42.6 Å². The maximum atomic E-state index is 10.7. The van der Waals surface area contributed by atoms with E-state index < -0.39 is 6.10 Å². The molecule has 2 aromatic carbocycles. The minimum Gasteiger partial charge on any atom is -0.496 e. The van der Waals surface area contributed by atoms with Crippen LogP contribution in [0.2, 0.25) is 0 Å². The first kappa shape index (κ1) is 17.9. The molecule has 0 saturated heterocycles. The lowest BCUT2D eigenvalue weighted by atomic mass is 9.85. The summed E-state index contributed by atoms with van der Waals surface area (Å²) in [6.07, 6.45) is 3.84. The van der Waals surface area contributed by atoms with Crippen LogP contribution in [0.1, 0.15) is 16.7 Å². The third-order valence-corrected chi connectivity index (χ3v) is 5.56. The van der Waals surface area contributed by atoms with Gasteiger partial charge in [0.1, 0.15) is 11.5 Å². The van der Waals surface area contributed by atoms with Gasteiger partial charge in [-0.25, -0.2) is 0 Å². The average Bonchev–Trinajstić information content (AvgIpc) is 3.11. The Labute approximate surface area is 159 Å². The van der Waals surface area contributed by atoms with Gasteiger partial charge < -0.3 is 24.9 Å². The molecule has 4 rings (SSSR count). The van der Waals surface area contributed by atoms with E-state index in [2.05, 4.69) is 34.7 Å². The van der Waals surface area contributed by atoms with Gasteiger partial charge in [0.25, 0.3) is 0 Å². The SMILES string of the molecule is COc1ccc(OC)c2c1CC(O)C(NCCc1c[nH]c3ccccc13)C2. The van der Waals surface area contributed by atoms with Gasteiger partial charge in [0.15, 0.2) is 0 Å². The van der Waals surface area contributed by atoms with Gasteiger partial charge in [-0.15, -0.1) is 0 Å². The van der Waals surface area contributed by atoms with Gasteiger partial charge in [0, 0.05) is 40.7 Å². The first-order valence-corrected chi connectivity index (χ1v) is 9.40. The molecule has 0 spiro atoms. The zero-order valence-corrected chi connectivity index (χ0v) is 15.8. The average molecular weight is 366 g/mol. The Morgan fingerprint density at radius 3 is 2.48 bits per heavy atom. The number of para-hydroxylation sites is 1. The molecule has 1 aliphatic carbocycles. The number of aliphatic hydroxyl groups is 1. The van der Waals surface area contributed by atoms with Crippen LogP contribution < -0.4 is 14.8 Å². The normalized spacial score (nSPS) is 19.1. The Kier molecular flexibility index (Phi) is 5.05. The fourth-order valence-corrected chi connectivity index (χ4v) is 4.13. The number of nitrogens with one attached hydrogen (secondary N) is 2. The van der Waals surface area contributed by atoms with E-state index in [0.717, 1.165) is 47.5 Å². The smallest absolute Gasteiger partial charge is 0.122 e. The van der Waals surface area contributed by atoms with Gasteiger partial charge in [-0.3, -0.25) is 0 Å². The van der Waals surface area contributed by atoms with Gasteiger partial charge in [0.2, 0.25) is 0 Å². The molecule has 0 fully saturated rings. The predicted octanol–water partition coefficient (Wildman–Crippen LogP) is 2.85. The number of aromatic nitrogens is 1. The highest BCUT2D eigenvalue weighted by molar-refractivity contribution is 5.83. The van der Waals surface area contributed by atoms with Crippen LogP contribution in [0.25, 0.3) is 10.9 Å². The number of fused-ring (bicyclic) bond motifs is 2. The Balaban J connectivity index is 1.46. The quantitative estimate of drug-likeness (QED) is 0.628. The summed E-state index contributed by atoms with van der Waals surface area (Å²) in [5, 5.41) is 15.5. The van der Waals surface area contributed by atoms with E-state index in [1.54, 1.807) is 14.2 Å². The molecule has 5 heteroatoms. The zero-order valence-electron chi connectivity index (χ0n) is 15.8. The van der Waals surface area contributed by atoms with Gasteiger partial charge in [-0.2, -0.15) is 0 Å². The highest BCUT2D eigenvalue weighted by Gasteiger charge is 2.30. The lowest BCUT2D eigenvalue weighted by Gasteiger charge is -2.32. The number of methoxy groups -OCH3 is 2. The van der Waals surface area contributed by atoms with E-state index in [1.165, 1.54) is 10.9 Å². The minimum absolute atomic E-state index is 0.00344. The summed E-state index contributed by atoms with van der Waals surface area (Å²) < 4.78 is 11.0. The summed E-state index contributed by atoms with van der Waals surface area (Å²) in [5.41, 5.74) is 4.64. The molecule has 0 radical (unpaired) electrons. The molecule has 27 heavy (non-hydrogen) atoms. The molecule has 1 aliphatic rings. The highest BCUT2D eigenvalue weighted by Crippen LogP contribution is 2.36. The molecule has 0 aliphatic heterocycles. The molecular formula is C22H26N2O3. The second-order valence-electron chi connectivity index (χ2n) is 7.07. The summed E-state index contributed by atoms with van der Waals surface area (Å²) in [7, 11) is 3.35. The number of ether oxygens (including phenoxy) is 2. The van der Waals surface area contributed by atoms with E-state index in [0.29, 0.717) is 6.42 Å². The van der Waals surface area contributed by atoms with Crippen molar-refractivity contribution in [2.75, 3.05) is 20.8 Å². The molecule has 142 valence electrons. The minimum atomic E-state index is -0.443. The molecule has 1 heterocycles. The number of hydrogen-bond donors (Lipinski definition) is 3. The number of aliphatic hydroxyl groups excluding tert-OH is 1. The molecule has 1 aromatic heterocycles. The van der Waals surface area contributed by atoms with Crippen molar-refractivity contribution >= 4 is 10.9 Å². The van der Waals surface area contributed by atoms with Crippen LogP contribution in [0, 0.1) is 0 Å². The number of hydrogen-bond acceptors (Lipinski definition) is 4. The van der Waals surface area contributed by atoms with Gasteiger partial charge >= 0.3 is 0 Å². The van der Waals surface area contributed by atoms with E-state index >= 15 is 0 Å². The van der Waals surface area contributed by atoms with E-state index in [4.69, 9.17) is 9.47 Å². The van der Waals surface area contributed by atoms with E-state index in [-0.39, 0.29) is 6.04 Å². The van der Waals surface area contributed by atoms with Crippen molar-refractivity contribution in [3.8, 4) is 11.5 Å². The monoisotopic (exact) mass is 366 g/mol. The molecule has 3 N–H and O–H groups in total. The number of aromatic amines is 1. The van der Waals surface area contributed by atoms with Crippen LogP contribution in [0.5, 0.6) is 11.5 Å². The van der Waals surface area contributed by atoms with Crippen molar-refractivity contribution in [3.05, 3.63) is 59.3 Å². The second-order valence-corrected chi connectivity index (χ2v) is 7.07. The Morgan fingerprint density at radius 1 is 1.04 bits per heavy atom. The maximum Gasteiger partial charge on any atom is 0.122 e. The van der Waals surface area contributed by atoms with Crippen LogP contribution >= 0.6 is 0 Å². The molecule has 2 atom stereocenters. The lowest BCUT2D eigenvalue weighted by molar-refractivity contribution is 0.118. The Morgan fingerprint density at radius 2 is 1.74 bits per heavy atom. The summed E-state index contributed by atoms with van der Waals surface area (Å²) in [6.45, 7) is 0.811. The van der Waals surface area contributed by atoms with E-state index in [9.17, 15) is 5.11 Å². The summed E-state index contributed by atoms with van der Waals surface area (Å²) >= 11 is 0. The van der Waals surface area contributed by atoms with Crippen molar-refractivity contribution in [2.24, 2.45) is 0 Å². The summed E-state index contributed by atoms with van der Waals surface area (Å²) in [4.78, 5) is 3.32. The van der Waals surface area contributed by atoms with Crippen molar-refractivity contribution in [2.45, 2.75) is 31.4 Å². The maximum absolute atomic E-state index is 10.7. The first-order chi connectivity index (χ1) is 13.2.